The van der Waals surface area contributed by atoms with E-state index in [9.17, 15) is 0 Å². The average Bonchev–Trinajstić information content (AvgIpc) is 1.51. The van der Waals surface area contributed by atoms with Crippen molar-refractivity contribution < 1.29 is 0 Å². The van der Waals surface area contributed by atoms with E-state index in [-0.39, 0.29) is 10.8 Å². The molecule has 0 atom stereocenters. The largest absolute Gasteiger partial charge is 0.309 e. The zero-order valence-corrected chi connectivity index (χ0v) is 53.2. The fourth-order valence-corrected chi connectivity index (χ4v) is 15.5. The smallest absolute Gasteiger partial charge is 0.129 e. The summed E-state index contributed by atoms with van der Waals surface area (Å²) in [7, 11) is 0. The fraction of sp³-hybridized carbons (Fsp3) is 0.103. The molecule has 0 bridgehead atoms. The number of fused-ring (bicyclic) bond motifs is 14. The van der Waals surface area contributed by atoms with E-state index in [1.165, 1.54) is 112 Å². The molecule has 0 aliphatic heterocycles. The van der Waals surface area contributed by atoms with Gasteiger partial charge in [-0.3, -0.25) is 0 Å². The minimum Gasteiger partial charge on any atom is -0.309 e. The molecule has 440 valence electrons. The first-order valence-corrected chi connectivity index (χ1v) is 32.8. The molecule has 13 aromatic carbocycles. The van der Waals surface area contributed by atoms with Crippen molar-refractivity contribution in [2.24, 2.45) is 0 Å². The van der Waals surface area contributed by atoms with Crippen molar-refractivity contribution in [3.63, 3.8) is 0 Å². The van der Waals surface area contributed by atoms with Gasteiger partial charge in [-0.1, -0.05) is 254 Å². The highest BCUT2D eigenvalue weighted by atomic mass is 32.1. The molecule has 5 heteroatoms. The lowest BCUT2D eigenvalue weighted by molar-refractivity contribution is 0.590. The summed E-state index contributed by atoms with van der Waals surface area (Å²) in [5.74, 6) is 0. The van der Waals surface area contributed by atoms with Crippen molar-refractivity contribution in [3.8, 4) is 83.6 Å². The van der Waals surface area contributed by atoms with Crippen LogP contribution in [-0.4, -0.2) is 13.3 Å². The van der Waals surface area contributed by atoms with E-state index in [2.05, 4.69) is 342 Å². The second-order valence-corrected chi connectivity index (χ2v) is 27.6. The zero-order valence-electron chi connectivity index (χ0n) is 52.4. The first-order chi connectivity index (χ1) is 44.9. The minimum atomic E-state index is -0.415. The van der Waals surface area contributed by atoms with Gasteiger partial charge in [0.1, 0.15) is 11.0 Å². The monoisotopic (exact) mass is 1200 g/mol. The van der Waals surface area contributed by atoms with Crippen molar-refractivity contribution in [2.75, 3.05) is 4.90 Å². The standard InChI is InChI=1S/C87H66N4S/c1-85(2,3)64-37-24-57(25-38-64)61-35-49-80-74(52-61)75-53-62(58-26-39-65(40-27-58)86(4,5)6)36-50-81(75)91(80)68-45-32-60(33-46-68)69-48-51-82(84-83(69)88-92-89-84)90(66-41-28-56(29-42-66)55-16-8-7-9-17-55)67-43-30-59(31-44-67)63-34-47-73-72-20-12-15-23-78(72)87(79(73)54-63)76-21-13-10-18-70(76)71-19-11-14-22-77(71)87/h7-54H,1-6H3. The predicted octanol–water partition coefficient (Wildman–Crippen LogP) is 23.5. The number of rotatable bonds is 9. The van der Waals surface area contributed by atoms with Crippen molar-refractivity contribution in [3.05, 3.63) is 325 Å². The number of hydrogen-bond acceptors (Lipinski definition) is 4. The Morgan fingerprint density at radius 2 is 0.696 bits per heavy atom. The predicted molar refractivity (Wildman–Crippen MR) is 387 cm³/mol. The Labute approximate surface area is 542 Å². The summed E-state index contributed by atoms with van der Waals surface area (Å²) < 4.78 is 12.6. The molecule has 0 unspecified atom stereocenters. The van der Waals surface area contributed by atoms with E-state index < -0.39 is 5.41 Å². The maximum absolute atomic E-state index is 5.12. The summed E-state index contributed by atoms with van der Waals surface area (Å²) in [6.45, 7) is 13.6. The van der Waals surface area contributed by atoms with Crippen molar-refractivity contribution in [1.29, 1.82) is 0 Å². The van der Waals surface area contributed by atoms with Crippen LogP contribution < -0.4 is 4.90 Å². The van der Waals surface area contributed by atoms with Crippen LogP contribution in [0.15, 0.2) is 291 Å². The third-order valence-corrected chi connectivity index (χ3v) is 20.2. The summed E-state index contributed by atoms with van der Waals surface area (Å²) in [5, 5.41) is 2.44. The van der Waals surface area contributed by atoms with Gasteiger partial charge in [0.25, 0.3) is 0 Å². The van der Waals surface area contributed by atoms with E-state index >= 15 is 0 Å². The highest BCUT2D eigenvalue weighted by molar-refractivity contribution is 7.00. The van der Waals surface area contributed by atoms with Crippen molar-refractivity contribution in [1.82, 2.24) is 13.3 Å². The zero-order chi connectivity index (χ0) is 62.0. The molecule has 0 fully saturated rings. The molecule has 4 nitrogen and oxygen atoms in total. The van der Waals surface area contributed by atoms with Gasteiger partial charge in [-0.25, -0.2) is 0 Å². The summed E-state index contributed by atoms with van der Waals surface area (Å²) in [5.41, 5.74) is 32.8. The van der Waals surface area contributed by atoms with Gasteiger partial charge in [0, 0.05) is 33.4 Å². The Hall–Kier alpha value is -10.7. The van der Waals surface area contributed by atoms with Crippen LogP contribution >= 0.6 is 11.7 Å². The van der Waals surface area contributed by atoms with Gasteiger partial charge in [-0.05, 0) is 195 Å². The van der Waals surface area contributed by atoms with Gasteiger partial charge in [0.05, 0.1) is 33.9 Å². The number of benzene rings is 13. The van der Waals surface area contributed by atoms with Gasteiger partial charge < -0.3 is 9.47 Å². The summed E-state index contributed by atoms with van der Waals surface area (Å²) >= 11 is 1.26. The molecule has 15 aromatic rings. The Balaban J connectivity index is 0.744. The molecule has 1 spiro atoms. The van der Waals surface area contributed by atoms with Crippen LogP contribution in [0.5, 0.6) is 0 Å². The maximum Gasteiger partial charge on any atom is 0.129 e. The summed E-state index contributed by atoms with van der Waals surface area (Å²) in [6, 6.07) is 108. The summed E-state index contributed by atoms with van der Waals surface area (Å²) in [6.07, 6.45) is 0. The number of hydrogen-bond donors (Lipinski definition) is 0. The van der Waals surface area contributed by atoms with E-state index in [4.69, 9.17) is 8.75 Å². The van der Waals surface area contributed by atoms with Gasteiger partial charge in [-0.2, -0.15) is 8.75 Å². The van der Waals surface area contributed by atoms with E-state index in [1.54, 1.807) is 0 Å². The van der Waals surface area contributed by atoms with Crippen molar-refractivity contribution in [2.45, 2.75) is 57.8 Å². The van der Waals surface area contributed by atoms with Gasteiger partial charge in [0.2, 0.25) is 0 Å². The van der Waals surface area contributed by atoms with Crippen molar-refractivity contribution >= 4 is 61.6 Å². The maximum atomic E-state index is 5.12. The SMILES string of the molecule is CC(C)(C)c1ccc(-c2ccc3c(c2)c2cc(-c4ccc(C(C)(C)C)cc4)ccc2n3-c2ccc(-c3ccc(N(c4ccc(-c5ccccc5)cc4)c4ccc(-c5ccc6c(c5)C5(c7ccccc7-c7ccccc75)c5ccccc5-6)cc4)c4nsnc34)cc2)cc1. The molecule has 0 radical (unpaired) electrons. The third-order valence-electron chi connectivity index (χ3n) is 19.7. The Bertz CT molecular complexity index is 5190. The van der Waals surface area contributed by atoms with Crippen LogP contribution in [0.1, 0.15) is 74.9 Å². The second-order valence-electron chi connectivity index (χ2n) is 27.0. The lowest BCUT2D eigenvalue weighted by Crippen LogP contribution is -2.25. The molecule has 2 aliphatic rings. The fourth-order valence-electron chi connectivity index (χ4n) is 15.0. The second kappa shape index (κ2) is 21.2. The topological polar surface area (TPSA) is 34.0 Å². The molecular formula is C87H66N4S. The Morgan fingerprint density at radius 1 is 0.315 bits per heavy atom. The highest BCUT2D eigenvalue weighted by Crippen LogP contribution is 2.63. The van der Waals surface area contributed by atoms with E-state index in [0.717, 1.165) is 67.1 Å². The van der Waals surface area contributed by atoms with E-state index in [1.807, 2.05) is 0 Å². The molecule has 0 N–H and O–H groups in total. The molecule has 0 amide bonds. The van der Waals surface area contributed by atoms with Crippen LogP contribution in [0.4, 0.5) is 17.1 Å². The van der Waals surface area contributed by atoms with E-state index in [0.29, 0.717) is 0 Å². The molecule has 2 heterocycles. The van der Waals surface area contributed by atoms with Crippen LogP contribution in [0.2, 0.25) is 0 Å². The molecule has 17 rings (SSSR count). The third kappa shape index (κ3) is 8.85. The molecule has 0 saturated carbocycles. The molecule has 2 aromatic heterocycles. The first kappa shape index (κ1) is 55.4. The molecule has 2 aliphatic carbocycles. The Kier molecular flexibility index (Phi) is 12.8. The quantitative estimate of drug-likeness (QED) is 0.144. The number of anilines is 3. The van der Waals surface area contributed by atoms with Crippen LogP contribution in [-0.2, 0) is 16.2 Å². The normalized spacial score (nSPS) is 13.0. The van der Waals surface area contributed by atoms with Gasteiger partial charge in [0.15, 0.2) is 0 Å². The van der Waals surface area contributed by atoms with Crippen LogP contribution in [0.25, 0.3) is 116 Å². The lowest BCUT2D eigenvalue weighted by atomic mass is 9.70. The first-order valence-electron chi connectivity index (χ1n) is 32.0. The number of aromatic nitrogens is 3. The lowest BCUT2D eigenvalue weighted by Gasteiger charge is -2.30. The minimum absolute atomic E-state index is 0.0788. The molecular weight excluding hydrogens is 1130 g/mol. The molecule has 0 saturated heterocycles. The highest BCUT2D eigenvalue weighted by Gasteiger charge is 2.51. The van der Waals surface area contributed by atoms with Crippen LogP contribution in [0.3, 0.4) is 0 Å². The van der Waals surface area contributed by atoms with Crippen LogP contribution in [0, 0.1) is 0 Å². The van der Waals surface area contributed by atoms with Gasteiger partial charge >= 0.3 is 0 Å². The van der Waals surface area contributed by atoms with Gasteiger partial charge in [-0.15, -0.1) is 0 Å². The average molecular weight is 1200 g/mol. The number of nitrogens with zero attached hydrogens (tertiary/aromatic N) is 4. The Morgan fingerprint density at radius 3 is 1.20 bits per heavy atom. The molecule has 92 heavy (non-hydrogen) atoms. The summed E-state index contributed by atoms with van der Waals surface area (Å²) in [4.78, 5) is 2.34.